The molecule has 2 heterocycles. The number of nitrogens with one attached hydrogen (secondary N) is 2. The first kappa shape index (κ1) is 25.1. The number of nitrogens with zero attached hydrogens (tertiary/aromatic N) is 3. The summed E-state index contributed by atoms with van der Waals surface area (Å²) in [5.74, 6) is 2.60. The highest BCUT2D eigenvalue weighted by molar-refractivity contribution is 5.91. The molecule has 6 atom stereocenters. The smallest absolute Gasteiger partial charge is 0.271 e. The summed E-state index contributed by atoms with van der Waals surface area (Å²) in [6.45, 7) is 7.04. The van der Waals surface area contributed by atoms with E-state index >= 15 is 0 Å². The van der Waals surface area contributed by atoms with Gasteiger partial charge in [0.05, 0.1) is 16.0 Å². The zero-order chi connectivity index (χ0) is 27.0. The SMILES string of the molecule is CC1=C2N(C)C(=O)CC[C@]2(C)[C@H]2CC[C@]3(C)[C@@H](CC(=O)Nc4nc5ccc([N+](=O)[O-])cc5[nH]4)CC[C@H]3[C@@H]2C1. The van der Waals surface area contributed by atoms with Gasteiger partial charge in [0.1, 0.15) is 0 Å². The number of hydrogen-bond donors (Lipinski definition) is 2. The van der Waals surface area contributed by atoms with Crippen LogP contribution in [-0.4, -0.2) is 38.7 Å². The molecule has 3 fully saturated rings. The Morgan fingerprint density at radius 2 is 2.03 bits per heavy atom. The van der Waals surface area contributed by atoms with Crippen molar-refractivity contribution in [3.05, 3.63) is 39.6 Å². The molecule has 3 aliphatic carbocycles. The molecule has 0 bridgehead atoms. The van der Waals surface area contributed by atoms with E-state index in [0.29, 0.717) is 53.5 Å². The van der Waals surface area contributed by atoms with E-state index in [1.165, 1.54) is 23.4 Å². The van der Waals surface area contributed by atoms with Crippen LogP contribution in [0.2, 0.25) is 0 Å². The molecule has 202 valence electrons. The second-order valence-electron chi connectivity index (χ2n) is 12.7. The maximum atomic E-state index is 13.2. The number of piperidine rings is 1. The van der Waals surface area contributed by atoms with Gasteiger partial charge in [-0.15, -0.1) is 0 Å². The number of non-ortho nitro benzene ring substituents is 1. The van der Waals surface area contributed by atoms with Crippen molar-refractivity contribution in [1.82, 2.24) is 14.9 Å². The molecular weight excluding hydrogens is 482 g/mol. The summed E-state index contributed by atoms with van der Waals surface area (Å²) in [5.41, 5.74) is 3.94. The Labute approximate surface area is 222 Å². The van der Waals surface area contributed by atoms with E-state index in [4.69, 9.17) is 0 Å². The Balaban J connectivity index is 1.18. The number of imidazole rings is 1. The minimum atomic E-state index is -0.443. The van der Waals surface area contributed by atoms with Gasteiger partial charge in [-0.25, -0.2) is 4.98 Å². The summed E-state index contributed by atoms with van der Waals surface area (Å²) < 4.78 is 0. The van der Waals surface area contributed by atoms with Crippen molar-refractivity contribution in [3.63, 3.8) is 0 Å². The monoisotopic (exact) mass is 519 g/mol. The Morgan fingerprint density at radius 1 is 1.24 bits per heavy atom. The van der Waals surface area contributed by atoms with Crippen LogP contribution in [0, 0.1) is 44.6 Å². The second-order valence-corrected chi connectivity index (χ2v) is 12.7. The number of carbonyl (C=O) groups excluding carboxylic acids is 2. The van der Waals surface area contributed by atoms with E-state index in [2.05, 4.69) is 36.1 Å². The maximum Gasteiger partial charge on any atom is 0.271 e. The van der Waals surface area contributed by atoms with Crippen LogP contribution in [0.15, 0.2) is 29.5 Å². The van der Waals surface area contributed by atoms with Gasteiger partial charge in [0.25, 0.3) is 5.69 Å². The highest BCUT2D eigenvalue weighted by atomic mass is 16.6. The van der Waals surface area contributed by atoms with Crippen molar-refractivity contribution in [2.75, 3.05) is 12.4 Å². The van der Waals surface area contributed by atoms with Crippen LogP contribution in [0.1, 0.15) is 72.1 Å². The Bertz CT molecular complexity index is 1380. The first-order valence-corrected chi connectivity index (χ1v) is 13.9. The predicted molar refractivity (Wildman–Crippen MR) is 144 cm³/mol. The van der Waals surface area contributed by atoms with E-state index < -0.39 is 4.92 Å². The van der Waals surface area contributed by atoms with Crippen molar-refractivity contribution in [2.24, 2.45) is 34.5 Å². The molecule has 1 aliphatic heterocycles. The third-order valence-electron chi connectivity index (χ3n) is 10.9. The van der Waals surface area contributed by atoms with Crippen molar-refractivity contribution in [3.8, 4) is 0 Å². The van der Waals surface area contributed by atoms with Crippen LogP contribution in [0.3, 0.4) is 0 Å². The van der Waals surface area contributed by atoms with Crippen LogP contribution in [0.25, 0.3) is 11.0 Å². The summed E-state index contributed by atoms with van der Waals surface area (Å²) in [4.78, 5) is 45.7. The third-order valence-corrected chi connectivity index (χ3v) is 10.9. The van der Waals surface area contributed by atoms with E-state index in [0.717, 1.165) is 38.5 Å². The molecule has 1 aromatic carbocycles. The van der Waals surface area contributed by atoms with E-state index in [-0.39, 0.29) is 28.3 Å². The van der Waals surface area contributed by atoms with Crippen molar-refractivity contribution in [2.45, 2.75) is 72.1 Å². The number of likely N-dealkylation sites (tertiary alicyclic amines) is 1. The summed E-state index contributed by atoms with van der Waals surface area (Å²) in [6.07, 6.45) is 7.55. The number of aromatic amines is 1. The molecule has 0 spiro atoms. The fourth-order valence-electron chi connectivity index (χ4n) is 9.13. The van der Waals surface area contributed by atoms with Gasteiger partial charge in [-0.2, -0.15) is 0 Å². The molecule has 9 nitrogen and oxygen atoms in total. The number of aromatic nitrogens is 2. The predicted octanol–water partition coefficient (Wildman–Crippen LogP) is 5.79. The zero-order valence-electron chi connectivity index (χ0n) is 22.7. The van der Waals surface area contributed by atoms with Gasteiger partial charge >= 0.3 is 0 Å². The number of nitro groups is 1. The lowest BCUT2D eigenvalue weighted by Crippen LogP contribution is -2.54. The molecule has 0 radical (unpaired) electrons. The summed E-state index contributed by atoms with van der Waals surface area (Å²) >= 11 is 0. The molecule has 2 saturated carbocycles. The fourth-order valence-corrected chi connectivity index (χ4v) is 9.13. The van der Waals surface area contributed by atoms with Crippen molar-refractivity contribution in [1.29, 1.82) is 0 Å². The van der Waals surface area contributed by atoms with E-state index in [9.17, 15) is 19.7 Å². The van der Waals surface area contributed by atoms with Crippen LogP contribution < -0.4 is 5.32 Å². The first-order valence-electron chi connectivity index (χ1n) is 13.9. The molecule has 6 rings (SSSR count). The lowest BCUT2D eigenvalue weighted by atomic mass is 9.48. The van der Waals surface area contributed by atoms with Gasteiger partial charge in [-0.3, -0.25) is 25.0 Å². The van der Waals surface area contributed by atoms with E-state index in [1.807, 2.05) is 11.9 Å². The minimum absolute atomic E-state index is 0.0141. The number of rotatable bonds is 4. The van der Waals surface area contributed by atoms with Gasteiger partial charge in [0.15, 0.2) is 0 Å². The normalized spacial score (nSPS) is 34.6. The topological polar surface area (TPSA) is 121 Å². The maximum absolute atomic E-state index is 13.2. The number of amides is 2. The molecule has 9 heteroatoms. The largest absolute Gasteiger partial charge is 0.324 e. The Kier molecular flexibility index (Phi) is 5.70. The average molecular weight is 520 g/mol. The molecular formula is C29H37N5O4. The fraction of sp³-hybridized carbons (Fsp3) is 0.621. The molecule has 4 aliphatic rings. The number of fused-ring (bicyclic) bond motifs is 6. The van der Waals surface area contributed by atoms with E-state index in [1.54, 1.807) is 6.07 Å². The van der Waals surface area contributed by atoms with Crippen LogP contribution in [0.5, 0.6) is 0 Å². The van der Waals surface area contributed by atoms with Gasteiger partial charge in [-0.05, 0) is 80.6 Å². The molecule has 2 amide bonds. The number of anilines is 1. The minimum Gasteiger partial charge on any atom is -0.324 e. The average Bonchev–Trinajstić information content (AvgIpc) is 3.41. The third kappa shape index (κ3) is 3.68. The summed E-state index contributed by atoms with van der Waals surface area (Å²) in [7, 11) is 1.96. The second kappa shape index (κ2) is 8.64. The number of hydrogen-bond acceptors (Lipinski definition) is 5. The highest BCUT2D eigenvalue weighted by Crippen LogP contribution is 2.67. The van der Waals surface area contributed by atoms with Gasteiger partial charge in [-0.1, -0.05) is 19.4 Å². The van der Waals surface area contributed by atoms with Crippen LogP contribution >= 0.6 is 0 Å². The number of benzene rings is 1. The van der Waals surface area contributed by atoms with Crippen molar-refractivity contribution >= 4 is 34.5 Å². The Hall–Kier alpha value is -3.23. The first-order chi connectivity index (χ1) is 18.0. The molecule has 38 heavy (non-hydrogen) atoms. The van der Waals surface area contributed by atoms with Crippen molar-refractivity contribution < 1.29 is 14.5 Å². The molecule has 2 N–H and O–H groups in total. The summed E-state index contributed by atoms with van der Waals surface area (Å²) in [6, 6.07) is 4.44. The van der Waals surface area contributed by atoms with Crippen LogP contribution in [0.4, 0.5) is 11.6 Å². The van der Waals surface area contributed by atoms with Crippen LogP contribution in [-0.2, 0) is 9.59 Å². The quantitative estimate of drug-likeness (QED) is 0.391. The lowest BCUT2D eigenvalue weighted by Gasteiger charge is -2.59. The molecule has 0 unspecified atom stereocenters. The van der Waals surface area contributed by atoms with Gasteiger partial charge < -0.3 is 9.88 Å². The highest BCUT2D eigenvalue weighted by Gasteiger charge is 2.60. The number of carbonyl (C=O) groups is 2. The number of H-pyrrole nitrogens is 1. The number of allylic oxidation sites excluding steroid dienone is 2. The molecule has 1 saturated heterocycles. The lowest BCUT2D eigenvalue weighted by molar-refractivity contribution is -0.384. The summed E-state index contributed by atoms with van der Waals surface area (Å²) in [5, 5.41) is 14.0. The Morgan fingerprint density at radius 3 is 2.79 bits per heavy atom. The number of nitro benzene ring substituents is 1. The zero-order valence-corrected chi connectivity index (χ0v) is 22.7. The standard InChI is InChI=1S/C29H37N5O4/c1-16-13-19-20-7-5-17(14-24(35)32-27-30-22-8-6-18(34(37)38)15-23(22)31-27)28(20,2)11-9-21(19)29(3)12-10-25(36)33(4)26(16)29/h6,8,15,17,19-21H,5,7,9-14H2,1-4H3,(H2,30,31,32,35)/t17-,19+,20+,21+,28-,29-/m1/s1. The van der Waals surface area contributed by atoms with Gasteiger partial charge in [0, 0.05) is 43.1 Å². The molecule has 2 aromatic rings. The molecule has 1 aromatic heterocycles. The van der Waals surface area contributed by atoms with Gasteiger partial charge in [0.2, 0.25) is 17.8 Å².